The molecule has 0 aliphatic rings. The van der Waals surface area contributed by atoms with E-state index < -0.39 is 0 Å². The van der Waals surface area contributed by atoms with Crippen LogP contribution in [0.3, 0.4) is 0 Å². The van der Waals surface area contributed by atoms with Crippen LogP contribution in [0.25, 0.3) is 10.9 Å². The topological polar surface area (TPSA) is 12.9 Å². The van der Waals surface area contributed by atoms with E-state index >= 15 is 0 Å². The van der Waals surface area contributed by atoms with E-state index in [-0.39, 0.29) is 5.41 Å². The molecule has 3 rings (SSSR count). The van der Waals surface area contributed by atoms with Gasteiger partial charge in [-0.3, -0.25) is 4.98 Å². The molecule has 26 heavy (non-hydrogen) atoms. The van der Waals surface area contributed by atoms with E-state index in [2.05, 4.69) is 96.1 Å². The number of aromatic nitrogens is 1. The van der Waals surface area contributed by atoms with Gasteiger partial charge in [-0.15, -0.1) is 0 Å². The summed E-state index contributed by atoms with van der Waals surface area (Å²) in [5, 5.41) is 1.21. The molecule has 0 saturated carbocycles. The summed E-state index contributed by atoms with van der Waals surface area (Å²) in [6.45, 7) is 13.7. The van der Waals surface area contributed by atoms with Crippen LogP contribution >= 0.6 is 0 Å². The predicted molar refractivity (Wildman–Crippen MR) is 113 cm³/mol. The minimum absolute atomic E-state index is 0.170. The molecule has 0 spiro atoms. The van der Waals surface area contributed by atoms with Gasteiger partial charge in [-0.2, -0.15) is 0 Å². The maximum absolute atomic E-state index is 4.99. The van der Waals surface area contributed by atoms with Gasteiger partial charge in [0.2, 0.25) is 0 Å². The van der Waals surface area contributed by atoms with Gasteiger partial charge in [-0.1, -0.05) is 82.6 Å². The Labute approximate surface area is 158 Å². The van der Waals surface area contributed by atoms with Crippen LogP contribution in [0, 0.1) is 6.92 Å². The van der Waals surface area contributed by atoms with Crippen molar-refractivity contribution in [3.63, 3.8) is 0 Å². The fraction of sp³-hybridized carbons (Fsp3) is 0.400. The Morgan fingerprint density at radius 3 is 2.38 bits per heavy atom. The van der Waals surface area contributed by atoms with Gasteiger partial charge >= 0.3 is 0 Å². The summed E-state index contributed by atoms with van der Waals surface area (Å²) in [6.07, 6.45) is 1.09. The zero-order valence-electron chi connectivity index (χ0n) is 17.0. The molecule has 1 heteroatoms. The fourth-order valence-electron chi connectivity index (χ4n) is 3.85. The SMILES string of the molecule is CC[C@@H](c1ccc2ccccc2n1)[C@@H](C)c1cc(C)cc(C(C)(C)C)c1. The van der Waals surface area contributed by atoms with Gasteiger partial charge in [0.05, 0.1) is 5.52 Å². The molecule has 1 nitrogen and oxygen atoms in total. The second kappa shape index (κ2) is 7.23. The van der Waals surface area contributed by atoms with Crippen LogP contribution in [0.5, 0.6) is 0 Å². The van der Waals surface area contributed by atoms with Crippen LogP contribution < -0.4 is 0 Å². The van der Waals surface area contributed by atoms with Crippen molar-refractivity contribution < 1.29 is 0 Å². The van der Waals surface area contributed by atoms with Gasteiger partial charge in [0.1, 0.15) is 0 Å². The third-order valence-corrected chi connectivity index (χ3v) is 5.53. The number of benzene rings is 2. The number of para-hydroxylation sites is 1. The lowest BCUT2D eigenvalue weighted by Gasteiger charge is -2.26. The zero-order chi connectivity index (χ0) is 18.9. The van der Waals surface area contributed by atoms with Crippen molar-refractivity contribution in [3.8, 4) is 0 Å². The van der Waals surface area contributed by atoms with E-state index in [1.54, 1.807) is 0 Å². The molecule has 0 unspecified atom stereocenters. The molecule has 136 valence electrons. The van der Waals surface area contributed by atoms with Crippen molar-refractivity contribution in [2.75, 3.05) is 0 Å². The summed E-state index contributed by atoms with van der Waals surface area (Å²) in [5.41, 5.74) is 6.66. The molecule has 1 aromatic heterocycles. The highest BCUT2D eigenvalue weighted by Crippen LogP contribution is 2.37. The molecule has 2 atom stereocenters. The number of pyridine rings is 1. The van der Waals surface area contributed by atoms with Gasteiger partial charge in [-0.05, 0) is 47.9 Å². The highest BCUT2D eigenvalue weighted by atomic mass is 14.7. The Hall–Kier alpha value is -2.15. The molecule has 0 radical (unpaired) electrons. The zero-order valence-corrected chi connectivity index (χ0v) is 17.0. The molecule has 0 fully saturated rings. The third kappa shape index (κ3) is 3.82. The van der Waals surface area contributed by atoms with Crippen molar-refractivity contribution in [1.82, 2.24) is 4.98 Å². The van der Waals surface area contributed by atoms with Crippen molar-refractivity contribution in [2.45, 2.75) is 65.2 Å². The molecular weight excluding hydrogens is 314 g/mol. The first-order chi connectivity index (χ1) is 12.3. The average molecular weight is 346 g/mol. The van der Waals surface area contributed by atoms with Crippen LogP contribution in [0.1, 0.15) is 75.3 Å². The standard InChI is InChI=1S/C25H31N/c1-7-22(24-13-12-19-10-8-9-11-23(19)26-24)18(3)20-14-17(2)15-21(16-20)25(4,5)6/h8-16,18,22H,7H2,1-6H3/t18-,22+/m0/s1. The summed E-state index contributed by atoms with van der Waals surface area (Å²) in [6, 6.07) is 19.9. The lowest BCUT2D eigenvalue weighted by Crippen LogP contribution is -2.14. The molecule has 0 aliphatic heterocycles. The van der Waals surface area contributed by atoms with E-state index in [1.165, 1.54) is 27.8 Å². The van der Waals surface area contributed by atoms with E-state index in [1.807, 2.05) is 0 Å². The van der Waals surface area contributed by atoms with Crippen molar-refractivity contribution in [1.29, 1.82) is 0 Å². The number of hydrogen-bond donors (Lipinski definition) is 0. The Balaban J connectivity index is 2.00. The van der Waals surface area contributed by atoms with Gasteiger partial charge in [-0.25, -0.2) is 0 Å². The van der Waals surface area contributed by atoms with Gasteiger partial charge in [0.25, 0.3) is 0 Å². The Morgan fingerprint density at radius 2 is 1.69 bits per heavy atom. The minimum Gasteiger partial charge on any atom is -0.253 e. The number of nitrogens with zero attached hydrogens (tertiary/aromatic N) is 1. The largest absolute Gasteiger partial charge is 0.253 e. The van der Waals surface area contributed by atoms with Crippen molar-refractivity contribution in [3.05, 3.63) is 77.0 Å². The molecule has 2 aromatic carbocycles. The first-order valence-electron chi connectivity index (χ1n) is 9.77. The summed E-state index contributed by atoms with van der Waals surface area (Å²) >= 11 is 0. The third-order valence-electron chi connectivity index (χ3n) is 5.53. The summed E-state index contributed by atoms with van der Waals surface area (Å²) < 4.78 is 0. The summed E-state index contributed by atoms with van der Waals surface area (Å²) in [4.78, 5) is 4.99. The Morgan fingerprint density at radius 1 is 0.962 bits per heavy atom. The maximum atomic E-state index is 4.99. The molecule has 0 bridgehead atoms. The normalized spacial score (nSPS) is 14.4. The van der Waals surface area contributed by atoms with Gasteiger partial charge < -0.3 is 0 Å². The monoisotopic (exact) mass is 345 g/mol. The fourth-order valence-corrected chi connectivity index (χ4v) is 3.85. The van der Waals surface area contributed by atoms with Crippen LogP contribution in [-0.2, 0) is 5.41 Å². The minimum atomic E-state index is 0.170. The number of aryl methyl sites for hydroxylation is 1. The summed E-state index contributed by atoms with van der Waals surface area (Å²) in [7, 11) is 0. The second-order valence-electron chi connectivity index (χ2n) is 8.61. The van der Waals surface area contributed by atoms with E-state index in [0.29, 0.717) is 11.8 Å². The molecule has 1 heterocycles. The van der Waals surface area contributed by atoms with Crippen LogP contribution in [0.15, 0.2) is 54.6 Å². The number of rotatable bonds is 4. The molecule has 0 N–H and O–H groups in total. The number of hydrogen-bond acceptors (Lipinski definition) is 1. The lowest BCUT2D eigenvalue weighted by atomic mass is 9.79. The van der Waals surface area contributed by atoms with Crippen LogP contribution in [0.4, 0.5) is 0 Å². The maximum Gasteiger partial charge on any atom is 0.0705 e. The average Bonchev–Trinajstić information content (AvgIpc) is 2.61. The lowest BCUT2D eigenvalue weighted by molar-refractivity contribution is 0.542. The Bertz CT molecular complexity index is 901. The summed E-state index contributed by atoms with van der Waals surface area (Å²) in [5.74, 6) is 0.865. The molecule has 0 aliphatic carbocycles. The van der Waals surface area contributed by atoms with Crippen molar-refractivity contribution >= 4 is 10.9 Å². The number of fused-ring (bicyclic) bond motifs is 1. The van der Waals surface area contributed by atoms with E-state index in [9.17, 15) is 0 Å². The smallest absolute Gasteiger partial charge is 0.0705 e. The van der Waals surface area contributed by atoms with Crippen molar-refractivity contribution in [2.24, 2.45) is 0 Å². The molecule has 0 amide bonds. The highest BCUT2D eigenvalue weighted by molar-refractivity contribution is 5.78. The molecule has 3 aromatic rings. The van der Waals surface area contributed by atoms with Crippen LogP contribution in [0.2, 0.25) is 0 Å². The quantitative estimate of drug-likeness (QED) is 0.490. The van der Waals surface area contributed by atoms with Gasteiger partial charge in [0, 0.05) is 17.0 Å². The molecular formula is C25H31N. The van der Waals surface area contributed by atoms with Crippen LogP contribution in [-0.4, -0.2) is 4.98 Å². The molecule has 0 saturated heterocycles. The first-order valence-corrected chi connectivity index (χ1v) is 9.77. The van der Waals surface area contributed by atoms with E-state index in [0.717, 1.165) is 11.9 Å². The Kier molecular flexibility index (Phi) is 5.18. The van der Waals surface area contributed by atoms with Gasteiger partial charge in [0.15, 0.2) is 0 Å². The second-order valence-corrected chi connectivity index (χ2v) is 8.61. The highest BCUT2D eigenvalue weighted by Gasteiger charge is 2.23. The predicted octanol–water partition coefficient (Wildman–Crippen LogP) is 7.14. The first kappa shape index (κ1) is 18.6. The van der Waals surface area contributed by atoms with E-state index in [4.69, 9.17) is 4.98 Å².